The second-order valence-corrected chi connectivity index (χ2v) is 7.13. The monoisotopic (exact) mass is 414 g/mol. The van der Waals surface area contributed by atoms with E-state index in [-0.39, 0.29) is 17.1 Å². The van der Waals surface area contributed by atoms with E-state index < -0.39 is 48.9 Å². The van der Waals surface area contributed by atoms with Crippen LogP contribution >= 0.6 is 0 Å². The number of carbonyl (C=O) groups excluding carboxylic acids is 1. The molecule has 1 aliphatic heterocycles. The van der Waals surface area contributed by atoms with E-state index in [0.717, 1.165) is 0 Å². The molecule has 2 rings (SSSR count). The van der Waals surface area contributed by atoms with E-state index in [4.69, 9.17) is 14.2 Å². The third-order valence-electron chi connectivity index (χ3n) is 5.52. The number of benzene rings is 1. The first kappa shape index (κ1) is 23.4. The summed E-state index contributed by atoms with van der Waals surface area (Å²) in [6.07, 6.45) is -5.58. The summed E-state index contributed by atoms with van der Waals surface area (Å²) in [5.74, 6) is -0.950. The number of hydrogen-bond donors (Lipinski definition) is 5. The highest BCUT2D eigenvalue weighted by atomic mass is 16.7. The Morgan fingerprint density at radius 2 is 1.69 bits per heavy atom. The molecule has 0 spiro atoms. The van der Waals surface area contributed by atoms with E-state index in [2.05, 4.69) is 0 Å². The van der Waals surface area contributed by atoms with Crippen molar-refractivity contribution < 1.29 is 44.5 Å². The SMILES string of the molecule is CCC(CC)(CC)OC(=O)c1cc(O)ccc1O[C@@H]1O[C@H](CO)[C@@H](O)[C@H](O)[C@H]1O. The summed E-state index contributed by atoms with van der Waals surface area (Å²) >= 11 is 0. The van der Waals surface area contributed by atoms with Gasteiger partial charge in [0, 0.05) is 0 Å². The molecule has 1 heterocycles. The van der Waals surface area contributed by atoms with E-state index in [1.807, 2.05) is 20.8 Å². The highest BCUT2D eigenvalue weighted by Crippen LogP contribution is 2.32. The van der Waals surface area contributed by atoms with Crippen molar-refractivity contribution in [3.05, 3.63) is 23.8 Å². The number of aliphatic hydroxyl groups is 4. The molecule has 5 atom stereocenters. The van der Waals surface area contributed by atoms with Crippen LogP contribution in [0.15, 0.2) is 18.2 Å². The van der Waals surface area contributed by atoms with E-state index in [0.29, 0.717) is 19.3 Å². The van der Waals surface area contributed by atoms with Crippen molar-refractivity contribution >= 4 is 5.97 Å². The number of phenols is 1. The molecule has 0 amide bonds. The molecular formula is C20H30O9. The molecule has 0 saturated carbocycles. The van der Waals surface area contributed by atoms with Gasteiger partial charge in [-0.05, 0) is 37.5 Å². The van der Waals surface area contributed by atoms with Gasteiger partial charge < -0.3 is 39.7 Å². The summed E-state index contributed by atoms with van der Waals surface area (Å²) in [4.78, 5) is 12.8. The number of aromatic hydroxyl groups is 1. The standard InChI is InChI=1S/C20H30O9/c1-4-20(5-2,6-3)29-18(26)12-9-11(22)7-8-13(12)27-19-17(25)16(24)15(23)14(10-21)28-19/h7-9,14-17,19,21-25H,4-6,10H2,1-3H3/t14-,15-,16+,17-,19-/m1/s1. The summed E-state index contributed by atoms with van der Waals surface area (Å²) in [6.45, 7) is 5.12. The fourth-order valence-electron chi connectivity index (χ4n) is 3.29. The smallest absolute Gasteiger partial charge is 0.342 e. The van der Waals surface area contributed by atoms with Crippen LogP contribution in [0.1, 0.15) is 50.4 Å². The molecular weight excluding hydrogens is 384 g/mol. The molecule has 29 heavy (non-hydrogen) atoms. The Hall–Kier alpha value is -1.91. The Morgan fingerprint density at radius 3 is 2.24 bits per heavy atom. The second kappa shape index (κ2) is 9.73. The number of ether oxygens (including phenoxy) is 3. The number of hydrogen-bond acceptors (Lipinski definition) is 9. The van der Waals surface area contributed by atoms with Gasteiger partial charge in [-0.15, -0.1) is 0 Å². The number of esters is 1. The average molecular weight is 414 g/mol. The molecule has 0 radical (unpaired) electrons. The van der Waals surface area contributed by atoms with Crippen molar-refractivity contribution in [1.82, 2.24) is 0 Å². The lowest BCUT2D eigenvalue weighted by Gasteiger charge is -2.39. The fourth-order valence-corrected chi connectivity index (χ4v) is 3.29. The zero-order valence-corrected chi connectivity index (χ0v) is 16.8. The zero-order valence-electron chi connectivity index (χ0n) is 16.8. The largest absolute Gasteiger partial charge is 0.508 e. The Labute approximate surface area is 169 Å². The molecule has 9 nitrogen and oxygen atoms in total. The van der Waals surface area contributed by atoms with E-state index in [1.165, 1.54) is 18.2 Å². The van der Waals surface area contributed by atoms with Crippen molar-refractivity contribution in [3.8, 4) is 11.5 Å². The zero-order chi connectivity index (χ0) is 21.8. The molecule has 0 bridgehead atoms. The van der Waals surface area contributed by atoms with Crippen LogP contribution in [0.2, 0.25) is 0 Å². The maximum absolute atomic E-state index is 12.8. The van der Waals surface area contributed by atoms with Crippen molar-refractivity contribution in [1.29, 1.82) is 0 Å². The van der Waals surface area contributed by atoms with Crippen molar-refractivity contribution in [2.45, 2.75) is 76.3 Å². The molecule has 0 unspecified atom stereocenters. The maximum atomic E-state index is 12.8. The molecule has 1 saturated heterocycles. The summed E-state index contributed by atoms with van der Waals surface area (Å²) in [5, 5.41) is 49.1. The average Bonchev–Trinajstić information content (AvgIpc) is 2.73. The van der Waals surface area contributed by atoms with Gasteiger partial charge in [-0.2, -0.15) is 0 Å². The van der Waals surface area contributed by atoms with Crippen LogP contribution in [0.4, 0.5) is 0 Å². The van der Waals surface area contributed by atoms with Crippen LogP contribution in [-0.2, 0) is 9.47 Å². The molecule has 1 fully saturated rings. The maximum Gasteiger partial charge on any atom is 0.342 e. The number of rotatable bonds is 8. The van der Waals surface area contributed by atoms with Crippen LogP contribution < -0.4 is 4.74 Å². The van der Waals surface area contributed by atoms with Crippen LogP contribution in [0, 0.1) is 0 Å². The number of carbonyl (C=O) groups is 1. The van der Waals surface area contributed by atoms with Gasteiger partial charge in [0.2, 0.25) is 6.29 Å². The number of phenolic OH excluding ortho intramolecular Hbond substituents is 1. The van der Waals surface area contributed by atoms with Crippen molar-refractivity contribution in [2.75, 3.05) is 6.61 Å². The van der Waals surface area contributed by atoms with Crippen LogP contribution in [0.25, 0.3) is 0 Å². The van der Waals surface area contributed by atoms with Gasteiger partial charge >= 0.3 is 5.97 Å². The molecule has 0 aliphatic carbocycles. The van der Waals surface area contributed by atoms with Crippen LogP contribution in [0.5, 0.6) is 11.5 Å². The topological polar surface area (TPSA) is 146 Å². The summed E-state index contributed by atoms with van der Waals surface area (Å²) < 4.78 is 16.6. The first-order valence-corrected chi connectivity index (χ1v) is 9.75. The molecule has 1 aromatic carbocycles. The Kier molecular flexibility index (Phi) is 7.84. The van der Waals surface area contributed by atoms with Gasteiger partial charge in [0.05, 0.1) is 6.61 Å². The van der Waals surface area contributed by atoms with Crippen molar-refractivity contribution in [3.63, 3.8) is 0 Å². The van der Waals surface area contributed by atoms with Crippen LogP contribution in [0.3, 0.4) is 0 Å². The lowest BCUT2D eigenvalue weighted by Crippen LogP contribution is -2.60. The third kappa shape index (κ3) is 4.99. The van der Waals surface area contributed by atoms with Gasteiger partial charge in [-0.3, -0.25) is 0 Å². The van der Waals surface area contributed by atoms with Gasteiger partial charge in [0.15, 0.2) is 0 Å². The van der Waals surface area contributed by atoms with Crippen molar-refractivity contribution in [2.24, 2.45) is 0 Å². The molecule has 1 aliphatic rings. The van der Waals surface area contributed by atoms with Gasteiger partial charge in [-0.1, -0.05) is 20.8 Å². The summed E-state index contributed by atoms with van der Waals surface area (Å²) in [7, 11) is 0. The minimum Gasteiger partial charge on any atom is -0.508 e. The predicted molar refractivity (Wildman–Crippen MR) is 102 cm³/mol. The molecule has 5 N–H and O–H groups in total. The van der Waals surface area contributed by atoms with E-state index in [9.17, 15) is 30.3 Å². The summed E-state index contributed by atoms with van der Waals surface area (Å²) in [5.41, 5.74) is -0.746. The highest BCUT2D eigenvalue weighted by Gasteiger charge is 2.45. The van der Waals surface area contributed by atoms with Crippen LogP contribution in [-0.4, -0.2) is 74.4 Å². The molecule has 1 aromatic rings. The second-order valence-electron chi connectivity index (χ2n) is 7.13. The number of aliphatic hydroxyl groups excluding tert-OH is 4. The first-order valence-electron chi connectivity index (χ1n) is 9.75. The van der Waals surface area contributed by atoms with Gasteiger partial charge in [0.1, 0.15) is 47.1 Å². The first-order chi connectivity index (χ1) is 13.7. The Balaban J connectivity index is 2.29. The quantitative estimate of drug-likeness (QED) is 0.388. The normalized spacial score (nSPS) is 27.5. The molecule has 164 valence electrons. The van der Waals surface area contributed by atoms with Gasteiger partial charge in [-0.25, -0.2) is 4.79 Å². The lowest BCUT2D eigenvalue weighted by molar-refractivity contribution is -0.277. The fraction of sp³-hybridized carbons (Fsp3) is 0.650. The Morgan fingerprint density at radius 1 is 1.07 bits per heavy atom. The third-order valence-corrected chi connectivity index (χ3v) is 5.52. The molecule has 9 heteroatoms. The van der Waals surface area contributed by atoms with E-state index >= 15 is 0 Å². The predicted octanol–water partition coefficient (Wildman–Crippen LogP) is 0.696. The highest BCUT2D eigenvalue weighted by molar-refractivity contribution is 5.93. The molecule has 0 aromatic heterocycles. The summed E-state index contributed by atoms with van der Waals surface area (Å²) in [6, 6.07) is 3.76. The lowest BCUT2D eigenvalue weighted by atomic mass is 9.94. The minimum absolute atomic E-state index is 0.0469. The Bertz CT molecular complexity index is 678. The minimum atomic E-state index is -1.63. The van der Waals surface area contributed by atoms with Gasteiger partial charge in [0.25, 0.3) is 0 Å². The van der Waals surface area contributed by atoms with E-state index in [1.54, 1.807) is 0 Å².